The number of ether oxygens (including phenoxy) is 1. The summed E-state index contributed by atoms with van der Waals surface area (Å²) in [5, 5.41) is 15.2. The Labute approximate surface area is 174 Å². The highest BCUT2D eigenvalue weighted by molar-refractivity contribution is 7.87. The normalized spacial score (nSPS) is 10.8. The molecule has 0 radical (unpaired) electrons. The minimum atomic E-state index is -4.09. The van der Waals surface area contributed by atoms with Crippen molar-refractivity contribution in [1.82, 2.24) is 5.32 Å². The first kappa shape index (κ1) is 22.7. The van der Waals surface area contributed by atoms with E-state index in [1.165, 1.54) is 30.3 Å². The van der Waals surface area contributed by atoms with Crippen LogP contribution in [0.25, 0.3) is 0 Å². The Hall–Kier alpha value is -3.60. The van der Waals surface area contributed by atoms with E-state index in [2.05, 4.69) is 20.7 Å². The number of nitrogens with one attached hydrogen (secondary N) is 4. The van der Waals surface area contributed by atoms with Gasteiger partial charge in [-0.1, -0.05) is 32.0 Å². The van der Waals surface area contributed by atoms with E-state index in [0.29, 0.717) is 0 Å². The van der Waals surface area contributed by atoms with Gasteiger partial charge in [0.25, 0.3) is 0 Å². The molecule has 30 heavy (non-hydrogen) atoms. The topological polar surface area (TPSA) is 147 Å². The highest BCUT2D eigenvalue weighted by Crippen LogP contribution is 2.29. The van der Waals surface area contributed by atoms with Crippen LogP contribution in [0.2, 0.25) is 0 Å². The van der Waals surface area contributed by atoms with E-state index in [4.69, 9.17) is 9.59 Å². The van der Waals surface area contributed by atoms with E-state index in [1.807, 2.05) is 0 Å². The number of guanidine groups is 1. The van der Waals surface area contributed by atoms with Crippen LogP contribution in [0.1, 0.15) is 13.8 Å². The molecule has 0 saturated heterocycles. The van der Waals surface area contributed by atoms with Crippen molar-refractivity contribution < 1.29 is 26.9 Å². The van der Waals surface area contributed by atoms with Gasteiger partial charge in [0.05, 0.1) is 18.5 Å². The fraction of sp³-hybridized carbons (Fsp3) is 0.211. The van der Waals surface area contributed by atoms with Crippen molar-refractivity contribution in [3.8, 4) is 5.75 Å². The maximum absolute atomic E-state index is 12.4. The van der Waals surface area contributed by atoms with E-state index < -0.39 is 22.2 Å². The monoisotopic (exact) mass is 434 g/mol. The van der Waals surface area contributed by atoms with E-state index in [0.717, 1.165) is 7.11 Å². The molecule has 160 valence electrons. The molecule has 0 atom stereocenters. The average molecular weight is 434 g/mol. The minimum absolute atomic E-state index is 0.0307. The summed E-state index contributed by atoms with van der Waals surface area (Å²) in [5.74, 6) is -1.13. The summed E-state index contributed by atoms with van der Waals surface area (Å²) in [7, 11) is -2.95. The lowest BCUT2D eigenvalue weighted by Gasteiger charge is -2.16. The van der Waals surface area contributed by atoms with Crippen molar-refractivity contribution in [2.24, 2.45) is 5.92 Å². The van der Waals surface area contributed by atoms with Crippen molar-refractivity contribution in [3.05, 3.63) is 48.5 Å². The zero-order valence-corrected chi connectivity index (χ0v) is 17.4. The lowest BCUT2D eigenvalue weighted by atomic mass is 10.2. The number of anilines is 2. The van der Waals surface area contributed by atoms with Crippen LogP contribution in [0.3, 0.4) is 0 Å². The van der Waals surface area contributed by atoms with Gasteiger partial charge in [0.15, 0.2) is 0 Å². The van der Waals surface area contributed by atoms with Gasteiger partial charge in [-0.15, -0.1) is 0 Å². The standard InChI is InChI=1S/C19H22N4O6S/c1-12(2)17(24)21-15-10-9-13(11-16(15)22-18(20)23-19(25)28-3)29-30(26,27)14-7-5-4-6-8-14/h4-12H,1-3H3,(H,21,24)(H3,20,22,23,25). The summed E-state index contributed by atoms with van der Waals surface area (Å²) in [5.41, 5.74) is 0.390. The zero-order chi connectivity index (χ0) is 22.3. The highest BCUT2D eigenvalue weighted by atomic mass is 32.2. The third-order valence-electron chi connectivity index (χ3n) is 3.68. The van der Waals surface area contributed by atoms with Crippen LogP contribution in [0.15, 0.2) is 53.4 Å². The number of carbonyl (C=O) groups excluding carboxylic acids is 2. The first-order chi connectivity index (χ1) is 14.1. The Morgan fingerprint density at radius 1 is 1.00 bits per heavy atom. The van der Waals surface area contributed by atoms with Gasteiger partial charge in [-0.2, -0.15) is 8.42 Å². The van der Waals surface area contributed by atoms with Crippen LogP contribution in [0.4, 0.5) is 16.2 Å². The fourth-order valence-corrected chi connectivity index (χ4v) is 3.09. The maximum atomic E-state index is 12.4. The molecule has 4 N–H and O–H groups in total. The fourth-order valence-electron chi connectivity index (χ4n) is 2.15. The number of hydrogen-bond acceptors (Lipinski definition) is 7. The highest BCUT2D eigenvalue weighted by Gasteiger charge is 2.18. The molecule has 0 aliphatic rings. The van der Waals surface area contributed by atoms with E-state index in [1.54, 1.807) is 32.0 Å². The molecule has 0 spiro atoms. The number of amides is 2. The summed E-state index contributed by atoms with van der Waals surface area (Å²) >= 11 is 0. The lowest BCUT2D eigenvalue weighted by molar-refractivity contribution is -0.118. The van der Waals surface area contributed by atoms with Crippen LogP contribution >= 0.6 is 0 Å². The Kier molecular flexibility index (Phi) is 7.37. The van der Waals surface area contributed by atoms with Gasteiger partial charge in [-0.3, -0.25) is 15.5 Å². The molecular formula is C19H22N4O6S. The first-order valence-corrected chi connectivity index (χ1v) is 10.2. The van der Waals surface area contributed by atoms with Gasteiger partial charge in [-0.25, -0.2) is 4.79 Å². The Morgan fingerprint density at radius 2 is 1.67 bits per heavy atom. The molecule has 0 heterocycles. The van der Waals surface area contributed by atoms with Crippen molar-refractivity contribution >= 4 is 39.5 Å². The summed E-state index contributed by atoms with van der Waals surface area (Å²) in [6.07, 6.45) is -0.876. The van der Waals surface area contributed by atoms with Crippen LogP contribution in [-0.2, 0) is 19.6 Å². The Morgan fingerprint density at radius 3 is 2.27 bits per heavy atom. The Balaban J connectivity index is 2.33. The molecule has 2 amide bonds. The molecule has 11 heteroatoms. The molecule has 0 aromatic heterocycles. The first-order valence-electron chi connectivity index (χ1n) is 8.77. The SMILES string of the molecule is COC(=O)NC(=N)Nc1cc(OS(=O)(=O)c2ccccc2)ccc1NC(=O)C(C)C. The van der Waals surface area contributed by atoms with Gasteiger partial charge in [0, 0.05) is 12.0 Å². The molecule has 2 aromatic rings. The van der Waals surface area contributed by atoms with E-state index in [-0.39, 0.29) is 33.8 Å². The van der Waals surface area contributed by atoms with Crippen LogP contribution in [-0.4, -0.2) is 33.5 Å². The molecule has 0 saturated carbocycles. The minimum Gasteiger partial charge on any atom is -0.453 e. The van der Waals surface area contributed by atoms with Crippen LogP contribution < -0.4 is 20.1 Å². The maximum Gasteiger partial charge on any atom is 0.413 e. The lowest BCUT2D eigenvalue weighted by Crippen LogP contribution is -2.35. The van der Waals surface area contributed by atoms with Crippen molar-refractivity contribution in [2.45, 2.75) is 18.7 Å². The molecular weight excluding hydrogens is 412 g/mol. The molecule has 0 fully saturated rings. The van der Waals surface area contributed by atoms with Crippen molar-refractivity contribution in [1.29, 1.82) is 5.41 Å². The predicted octanol–water partition coefficient (Wildman–Crippen LogP) is 2.75. The summed E-state index contributed by atoms with van der Waals surface area (Å²) < 4.78 is 34.5. The largest absolute Gasteiger partial charge is 0.453 e. The van der Waals surface area contributed by atoms with Crippen molar-refractivity contribution in [3.63, 3.8) is 0 Å². The number of benzene rings is 2. The van der Waals surface area contributed by atoms with E-state index in [9.17, 15) is 18.0 Å². The molecule has 0 unspecified atom stereocenters. The summed E-state index contributed by atoms with van der Waals surface area (Å²) in [4.78, 5) is 23.3. The quantitative estimate of drug-likeness (QED) is 0.310. The van der Waals surface area contributed by atoms with Crippen LogP contribution in [0.5, 0.6) is 5.75 Å². The van der Waals surface area contributed by atoms with Gasteiger partial charge < -0.3 is 19.6 Å². The number of rotatable bonds is 6. The van der Waals surface area contributed by atoms with Gasteiger partial charge >= 0.3 is 16.2 Å². The van der Waals surface area contributed by atoms with E-state index >= 15 is 0 Å². The second kappa shape index (κ2) is 9.74. The van der Waals surface area contributed by atoms with Gasteiger partial charge in [0.2, 0.25) is 11.9 Å². The second-order valence-electron chi connectivity index (χ2n) is 6.32. The van der Waals surface area contributed by atoms with Crippen molar-refractivity contribution in [2.75, 3.05) is 17.7 Å². The molecule has 2 aromatic carbocycles. The molecule has 10 nitrogen and oxygen atoms in total. The molecule has 0 aliphatic carbocycles. The zero-order valence-electron chi connectivity index (χ0n) is 16.6. The third kappa shape index (κ3) is 6.21. The third-order valence-corrected chi connectivity index (χ3v) is 4.94. The van der Waals surface area contributed by atoms with Gasteiger partial charge in [0.1, 0.15) is 10.6 Å². The summed E-state index contributed by atoms with van der Waals surface area (Å²) in [6.45, 7) is 3.40. The predicted molar refractivity (Wildman–Crippen MR) is 111 cm³/mol. The Bertz CT molecular complexity index is 1040. The molecule has 2 rings (SSSR count). The number of hydrogen-bond donors (Lipinski definition) is 4. The number of methoxy groups -OCH3 is 1. The number of alkyl carbamates (subject to hydrolysis) is 1. The molecule has 0 bridgehead atoms. The second-order valence-corrected chi connectivity index (χ2v) is 7.86. The van der Waals surface area contributed by atoms with Crippen LogP contribution in [0, 0.1) is 11.3 Å². The average Bonchev–Trinajstić information content (AvgIpc) is 2.70. The van der Waals surface area contributed by atoms with Gasteiger partial charge in [-0.05, 0) is 24.3 Å². The molecule has 0 aliphatic heterocycles. The summed E-state index contributed by atoms with van der Waals surface area (Å²) in [6, 6.07) is 11.6. The number of carbonyl (C=O) groups is 2. The smallest absolute Gasteiger partial charge is 0.413 e.